The first-order valence-electron chi connectivity index (χ1n) is 9.65. The van der Waals surface area contributed by atoms with Crippen LogP contribution in [0.4, 0.5) is 5.82 Å². The first kappa shape index (κ1) is 18.5. The summed E-state index contributed by atoms with van der Waals surface area (Å²) in [5, 5.41) is 9.65. The Morgan fingerprint density at radius 2 is 1.38 bits per heavy atom. The molecule has 0 amide bonds. The van der Waals surface area contributed by atoms with Crippen molar-refractivity contribution in [2.75, 3.05) is 5.73 Å². The van der Waals surface area contributed by atoms with Crippen molar-refractivity contribution in [3.63, 3.8) is 0 Å². The zero-order chi connectivity index (χ0) is 20.2. The molecule has 0 aliphatic rings. The lowest BCUT2D eigenvalue weighted by atomic mass is 9.96. The summed E-state index contributed by atoms with van der Waals surface area (Å²) in [7, 11) is 0. The van der Waals surface area contributed by atoms with Crippen molar-refractivity contribution < 1.29 is 0 Å². The molecule has 4 rings (SSSR count). The Bertz CT molecular complexity index is 1170. The van der Waals surface area contributed by atoms with Gasteiger partial charge in [-0.15, -0.1) is 0 Å². The van der Waals surface area contributed by atoms with Crippen molar-refractivity contribution >= 4 is 5.82 Å². The van der Waals surface area contributed by atoms with Crippen molar-refractivity contribution in [3.05, 3.63) is 96.1 Å². The largest absolute Gasteiger partial charge is 0.383 e. The molecule has 0 bridgehead atoms. The lowest BCUT2D eigenvalue weighted by Gasteiger charge is -2.11. The van der Waals surface area contributed by atoms with Crippen LogP contribution < -0.4 is 5.73 Å². The molecule has 0 atom stereocenters. The minimum atomic E-state index is 0.256. The van der Waals surface area contributed by atoms with E-state index in [-0.39, 0.29) is 5.82 Å². The van der Waals surface area contributed by atoms with Crippen LogP contribution >= 0.6 is 0 Å². The maximum atomic E-state index is 9.65. The van der Waals surface area contributed by atoms with Gasteiger partial charge in [0.25, 0.3) is 0 Å². The second-order valence-corrected chi connectivity index (χ2v) is 6.92. The van der Waals surface area contributed by atoms with Crippen LogP contribution in [-0.2, 0) is 6.42 Å². The summed E-state index contributed by atoms with van der Waals surface area (Å²) < 4.78 is 0. The quantitative estimate of drug-likeness (QED) is 0.469. The van der Waals surface area contributed by atoms with E-state index >= 15 is 0 Å². The average Bonchev–Trinajstić information content (AvgIpc) is 2.79. The Balaban J connectivity index is 1.78. The molecule has 0 fully saturated rings. The van der Waals surface area contributed by atoms with E-state index in [4.69, 9.17) is 5.73 Å². The van der Waals surface area contributed by atoms with E-state index in [0.29, 0.717) is 5.56 Å². The van der Waals surface area contributed by atoms with E-state index in [1.165, 1.54) is 5.56 Å². The van der Waals surface area contributed by atoms with Gasteiger partial charge in [-0.2, -0.15) is 5.26 Å². The van der Waals surface area contributed by atoms with Crippen molar-refractivity contribution in [1.82, 2.24) is 4.98 Å². The van der Waals surface area contributed by atoms with Gasteiger partial charge in [0.05, 0.1) is 5.69 Å². The molecule has 3 nitrogen and oxygen atoms in total. The van der Waals surface area contributed by atoms with Gasteiger partial charge in [0.15, 0.2) is 0 Å². The number of aryl methyl sites for hydroxylation is 1. The van der Waals surface area contributed by atoms with Crippen molar-refractivity contribution in [2.45, 2.75) is 13.3 Å². The minimum absolute atomic E-state index is 0.256. The van der Waals surface area contributed by atoms with Gasteiger partial charge in [0.1, 0.15) is 17.5 Å². The van der Waals surface area contributed by atoms with E-state index in [2.05, 4.69) is 66.5 Å². The molecule has 0 aliphatic carbocycles. The second-order valence-electron chi connectivity index (χ2n) is 6.92. The number of pyridine rings is 1. The number of nitrogen functional groups attached to an aromatic ring is 1. The highest BCUT2D eigenvalue weighted by molar-refractivity contribution is 5.81. The predicted octanol–water partition coefficient (Wildman–Crippen LogP) is 6.10. The van der Waals surface area contributed by atoms with Gasteiger partial charge in [-0.25, -0.2) is 4.98 Å². The van der Waals surface area contributed by atoms with Crippen LogP contribution in [0.2, 0.25) is 0 Å². The fourth-order valence-corrected chi connectivity index (χ4v) is 3.44. The average molecular weight is 375 g/mol. The Kier molecular flexibility index (Phi) is 5.09. The van der Waals surface area contributed by atoms with Gasteiger partial charge < -0.3 is 5.73 Å². The van der Waals surface area contributed by atoms with Crippen LogP contribution in [0.1, 0.15) is 18.1 Å². The lowest BCUT2D eigenvalue weighted by molar-refractivity contribution is 1.14. The molecule has 29 heavy (non-hydrogen) atoms. The number of rotatable bonds is 4. The maximum Gasteiger partial charge on any atom is 0.142 e. The third-order valence-electron chi connectivity index (χ3n) is 5.12. The number of aromatic nitrogens is 1. The van der Waals surface area contributed by atoms with Crippen LogP contribution in [0.25, 0.3) is 33.5 Å². The Morgan fingerprint density at radius 1 is 0.793 bits per heavy atom. The SMILES string of the molecule is CCc1ccc(-c2cc(-c3ccc(-c4ccccc4)cc3)c(C#N)c(N)n2)cc1. The van der Waals surface area contributed by atoms with Crippen LogP contribution in [0.5, 0.6) is 0 Å². The molecule has 0 unspecified atom stereocenters. The molecular weight excluding hydrogens is 354 g/mol. The molecule has 0 aliphatic heterocycles. The number of benzene rings is 3. The van der Waals surface area contributed by atoms with E-state index in [0.717, 1.165) is 39.9 Å². The number of hydrogen-bond donors (Lipinski definition) is 1. The first-order valence-corrected chi connectivity index (χ1v) is 9.65. The topological polar surface area (TPSA) is 62.7 Å². The Labute approximate surface area is 171 Å². The molecule has 0 saturated heterocycles. The number of anilines is 1. The fraction of sp³-hybridized carbons (Fsp3) is 0.0769. The molecule has 0 saturated carbocycles. The lowest BCUT2D eigenvalue weighted by Crippen LogP contribution is -2.00. The summed E-state index contributed by atoms with van der Waals surface area (Å²) in [6.07, 6.45) is 0.988. The highest BCUT2D eigenvalue weighted by Gasteiger charge is 2.13. The summed E-state index contributed by atoms with van der Waals surface area (Å²) >= 11 is 0. The minimum Gasteiger partial charge on any atom is -0.383 e. The van der Waals surface area contributed by atoms with Crippen LogP contribution in [0.15, 0.2) is 84.9 Å². The van der Waals surface area contributed by atoms with Gasteiger partial charge in [-0.1, -0.05) is 85.8 Å². The maximum absolute atomic E-state index is 9.65. The molecule has 4 aromatic rings. The third-order valence-corrected chi connectivity index (χ3v) is 5.12. The normalized spacial score (nSPS) is 10.5. The Morgan fingerprint density at radius 3 is 2.00 bits per heavy atom. The van der Waals surface area contributed by atoms with Crippen LogP contribution in [-0.4, -0.2) is 4.98 Å². The van der Waals surface area contributed by atoms with Crippen LogP contribution in [0, 0.1) is 11.3 Å². The van der Waals surface area contributed by atoms with Gasteiger partial charge in [-0.3, -0.25) is 0 Å². The Hall–Kier alpha value is -3.90. The first-order chi connectivity index (χ1) is 14.2. The molecule has 3 aromatic carbocycles. The number of nitrogens with zero attached hydrogens (tertiary/aromatic N) is 2. The molecule has 2 N–H and O–H groups in total. The highest BCUT2D eigenvalue weighted by Crippen LogP contribution is 2.32. The van der Waals surface area contributed by atoms with Crippen LogP contribution in [0.3, 0.4) is 0 Å². The molecule has 0 radical (unpaired) electrons. The summed E-state index contributed by atoms with van der Waals surface area (Å²) in [6, 6.07) is 30.9. The van der Waals surface area contributed by atoms with E-state index < -0.39 is 0 Å². The van der Waals surface area contributed by atoms with E-state index in [1.54, 1.807) is 0 Å². The zero-order valence-corrected chi connectivity index (χ0v) is 16.3. The summed E-state index contributed by atoms with van der Waals surface area (Å²) in [4.78, 5) is 4.48. The van der Waals surface area contributed by atoms with E-state index in [9.17, 15) is 5.26 Å². The number of nitrogens with two attached hydrogens (primary N) is 1. The van der Waals surface area contributed by atoms with Crippen molar-refractivity contribution in [1.29, 1.82) is 5.26 Å². The third kappa shape index (κ3) is 3.74. The monoisotopic (exact) mass is 375 g/mol. The zero-order valence-electron chi connectivity index (χ0n) is 16.3. The van der Waals surface area contributed by atoms with Gasteiger partial charge in [0.2, 0.25) is 0 Å². The molecule has 0 spiro atoms. The predicted molar refractivity (Wildman–Crippen MR) is 119 cm³/mol. The molecule has 140 valence electrons. The van der Waals surface area contributed by atoms with E-state index in [1.807, 2.05) is 36.4 Å². The summed E-state index contributed by atoms with van der Waals surface area (Å²) in [5.74, 6) is 0.256. The van der Waals surface area contributed by atoms with Crippen molar-refractivity contribution in [3.8, 4) is 39.6 Å². The highest BCUT2D eigenvalue weighted by atomic mass is 14.8. The molecule has 1 aromatic heterocycles. The van der Waals surface area contributed by atoms with Gasteiger partial charge in [0, 0.05) is 11.1 Å². The fourth-order valence-electron chi connectivity index (χ4n) is 3.44. The van der Waals surface area contributed by atoms with Crippen molar-refractivity contribution in [2.24, 2.45) is 0 Å². The van der Waals surface area contributed by atoms with Gasteiger partial charge in [-0.05, 0) is 34.7 Å². The van der Waals surface area contributed by atoms with Gasteiger partial charge >= 0.3 is 0 Å². The molecule has 1 heterocycles. The summed E-state index contributed by atoms with van der Waals surface area (Å²) in [5.41, 5.74) is 13.6. The number of hydrogen-bond acceptors (Lipinski definition) is 3. The standard InChI is InChI=1S/C26H21N3/c1-2-18-8-10-22(11-9-18)25-16-23(24(17-27)26(28)29-25)21-14-12-20(13-15-21)19-6-4-3-5-7-19/h3-16H,2H2,1H3,(H2,28,29). The summed E-state index contributed by atoms with van der Waals surface area (Å²) in [6.45, 7) is 2.13. The smallest absolute Gasteiger partial charge is 0.142 e. The number of nitriles is 1. The second kappa shape index (κ2) is 8.00. The molecule has 3 heteroatoms. The molecular formula is C26H21N3.